The van der Waals surface area contributed by atoms with Gasteiger partial charge in [-0.15, -0.1) is 0 Å². The fourth-order valence-corrected chi connectivity index (χ4v) is 2.95. The number of carbonyl (C=O) groups excluding carboxylic acids is 1. The van der Waals surface area contributed by atoms with Gasteiger partial charge in [0.25, 0.3) is 5.91 Å². The molecule has 2 rings (SSSR count). The summed E-state index contributed by atoms with van der Waals surface area (Å²) in [6, 6.07) is 5.24. The molecule has 4 heteroatoms. The fraction of sp³-hybridized carbons (Fsp3) is 0.588. The molecule has 0 saturated heterocycles. The predicted octanol–water partition coefficient (Wildman–Crippen LogP) is 3.40. The maximum absolute atomic E-state index is 12.1. The van der Waals surface area contributed by atoms with Crippen molar-refractivity contribution < 1.29 is 14.3 Å². The number of amides is 1. The minimum Gasteiger partial charge on any atom is -0.493 e. The highest BCUT2D eigenvalue weighted by molar-refractivity contribution is 5.94. The predicted molar refractivity (Wildman–Crippen MR) is 83.1 cm³/mol. The van der Waals surface area contributed by atoms with Gasteiger partial charge in [0.05, 0.1) is 14.2 Å². The van der Waals surface area contributed by atoms with Crippen LogP contribution in [-0.4, -0.2) is 26.7 Å². The molecule has 0 aromatic heterocycles. The first-order chi connectivity index (χ1) is 10.2. The summed E-state index contributed by atoms with van der Waals surface area (Å²) in [6.45, 7) is 0.748. The number of hydrogen-bond donors (Lipinski definition) is 1. The number of rotatable bonds is 6. The second kappa shape index (κ2) is 7.91. The maximum atomic E-state index is 12.1. The molecular weight excluding hydrogens is 266 g/mol. The second-order valence-electron chi connectivity index (χ2n) is 5.62. The van der Waals surface area contributed by atoms with Crippen LogP contribution in [0.1, 0.15) is 48.9 Å². The van der Waals surface area contributed by atoms with E-state index in [4.69, 9.17) is 9.47 Å². The molecule has 21 heavy (non-hydrogen) atoms. The van der Waals surface area contributed by atoms with Crippen LogP contribution in [0.15, 0.2) is 18.2 Å². The van der Waals surface area contributed by atoms with Gasteiger partial charge in [-0.1, -0.05) is 32.1 Å². The first-order valence-electron chi connectivity index (χ1n) is 7.75. The monoisotopic (exact) mass is 291 g/mol. The number of benzene rings is 1. The van der Waals surface area contributed by atoms with Crippen LogP contribution in [0.3, 0.4) is 0 Å². The summed E-state index contributed by atoms with van der Waals surface area (Å²) < 4.78 is 10.4. The maximum Gasteiger partial charge on any atom is 0.251 e. The molecule has 1 amide bonds. The molecule has 0 atom stereocenters. The van der Waals surface area contributed by atoms with Crippen LogP contribution in [0.2, 0.25) is 0 Å². The van der Waals surface area contributed by atoms with E-state index in [1.54, 1.807) is 32.4 Å². The molecule has 4 nitrogen and oxygen atoms in total. The molecule has 1 N–H and O–H groups in total. The largest absolute Gasteiger partial charge is 0.493 e. The summed E-state index contributed by atoms with van der Waals surface area (Å²) in [5.74, 6) is 1.95. The van der Waals surface area contributed by atoms with Gasteiger partial charge in [0, 0.05) is 12.1 Å². The van der Waals surface area contributed by atoms with Gasteiger partial charge < -0.3 is 14.8 Å². The van der Waals surface area contributed by atoms with Gasteiger partial charge in [-0.05, 0) is 30.5 Å². The minimum absolute atomic E-state index is 0.0493. The van der Waals surface area contributed by atoms with Crippen LogP contribution in [-0.2, 0) is 0 Å². The Morgan fingerprint density at radius 2 is 1.86 bits per heavy atom. The quantitative estimate of drug-likeness (QED) is 0.873. The van der Waals surface area contributed by atoms with Gasteiger partial charge in [0.1, 0.15) is 0 Å². The Balaban J connectivity index is 1.85. The number of hydrogen-bond acceptors (Lipinski definition) is 3. The van der Waals surface area contributed by atoms with E-state index in [0.717, 1.165) is 18.9 Å². The smallest absolute Gasteiger partial charge is 0.251 e. The van der Waals surface area contributed by atoms with Crippen molar-refractivity contribution in [3.05, 3.63) is 23.8 Å². The van der Waals surface area contributed by atoms with E-state index in [0.29, 0.717) is 17.1 Å². The summed E-state index contributed by atoms with van der Waals surface area (Å²) in [4.78, 5) is 12.1. The molecule has 0 unspecified atom stereocenters. The molecule has 1 aliphatic rings. The van der Waals surface area contributed by atoms with E-state index in [9.17, 15) is 4.79 Å². The van der Waals surface area contributed by atoms with Crippen molar-refractivity contribution in [1.29, 1.82) is 0 Å². The van der Waals surface area contributed by atoms with Crippen molar-refractivity contribution in [2.75, 3.05) is 20.8 Å². The molecule has 1 aromatic rings. The Kier molecular flexibility index (Phi) is 5.90. The summed E-state index contributed by atoms with van der Waals surface area (Å²) in [5.41, 5.74) is 0.608. The molecule has 0 spiro atoms. The zero-order chi connectivity index (χ0) is 15.1. The van der Waals surface area contributed by atoms with Crippen molar-refractivity contribution in [3.8, 4) is 11.5 Å². The number of methoxy groups -OCH3 is 2. The third-order valence-electron chi connectivity index (χ3n) is 4.21. The molecule has 0 bridgehead atoms. The average molecular weight is 291 g/mol. The summed E-state index contributed by atoms with van der Waals surface area (Å²) in [7, 11) is 3.16. The summed E-state index contributed by atoms with van der Waals surface area (Å²) in [5, 5.41) is 3.00. The standard InChI is InChI=1S/C17H25NO3/c1-20-15-9-8-14(12-16(15)21-2)17(19)18-11-10-13-6-4-3-5-7-13/h8-9,12-13H,3-7,10-11H2,1-2H3,(H,18,19). The van der Waals surface area contributed by atoms with Crippen molar-refractivity contribution in [1.82, 2.24) is 5.32 Å². The Labute approximate surface area is 126 Å². The van der Waals surface area contributed by atoms with Crippen molar-refractivity contribution >= 4 is 5.91 Å². The Bertz CT molecular complexity index is 467. The molecule has 116 valence electrons. The number of ether oxygens (including phenoxy) is 2. The van der Waals surface area contributed by atoms with Crippen LogP contribution in [0, 0.1) is 5.92 Å². The fourth-order valence-electron chi connectivity index (χ4n) is 2.95. The zero-order valence-electron chi connectivity index (χ0n) is 13.0. The Morgan fingerprint density at radius 3 is 2.52 bits per heavy atom. The topological polar surface area (TPSA) is 47.6 Å². The van der Waals surface area contributed by atoms with Crippen molar-refractivity contribution in [2.45, 2.75) is 38.5 Å². The summed E-state index contributed by atoms with van der Waals surface area (Å²) in [6.07, 6.45) is 7.76. The summed E-state index contributed by atoms with van der Waals surface area (Å²) >= 11 is 0. The highest BCUT2D eigenvalue weighted by Gasteiger charge is 2.14. The lowest BCUT2D eigenvalue weighted by molar-refractivity contribution is 0.0950. The van der Waals surface area contributed by atoms with Gasteiger partial charge in [-0.3, -0.25) is 4.79 Å². The van der Waals surface area contributed by atoms with Gasteiger partial charge in [0.15, 0.2) is 11.5 Å². The van der Waals surface area contributed by atoms with Crippen LogP contribution >= 0.6 is 0 Å². The lowest BCUT2D eigenvalue weighted by Crippen LogP contribution is -2.26. The van der Waals surface area contributed by atoms with Gasteiger partial charge >= 0.3 is 0 Å². The third kappa shape index (κ3) is 4.38. The Hall–Kier alpha value is -1.71. The van der Waals surface area contributed by atoms with E-state index in [1.165, 1.54) is 32.1 Å². The number of nitrogens with one attached hydrogen (secondary N) is 1. The van der Waals surface area contributed by atoms with Gasteiger partial charge in [0.2, 0.25) is 0 Å². The molecule has 1 aromatic carbocycles. The van der Waals surface area contributed by atoms with E-state index in [2.05, 4.69) is 5.32 Å². The lowest BCUT2D eigenvalue weighted by atomic mass is 9.87. The van der Waals surface area contributed by atoms with E-state index in [1.807, 2.05) is 0 Å². The van der Waals surface area contributed by atoms with Crippen LogP contribution in [0.4, 0.5) is 0 Å². The number of carbonyl (C=O) groups is 1. The molecule has 0 aliphatic heterocycles. The second-order valence-corrected chi connectivity index (χ2v) is 5.62. The van der Waals surface area contributed by atoms with Crippen LogP contribution in [0.5, 0.6) is 11.5 Å². The SMILES string of the molecule is COc1ccc(C(=O)NCCC2CCCCC2)cc1OC. The zero-order valence-corrected chi connectivity index (χ0v) is 13.0. The van der Waals surface area contributed by atoms with E-state index in [-0.39, 0.29) is 5.91 Å². The highest BCUT2D eigenvalue weighted by atomic mass is 16.5. The Morgan fingerprint density at radius 1 is 1.14 bits per heavy atom. The molecule has 0 radical (unpaired) electrons. The highest BCUT2D eigenvalue weighted by Crippen LogP contribution is 2.28. The van der Waals surface area contributed by atoms with Crippen molar-refractivity contribution in [3.63, 3.8) is 0 Å². The third-order valence-corrected chi connectivity index (χ3v) is 4.21. The molecule has 0 heterocycles. The average Bonchev–Trinajstić information content (AvgIpc) is 2.55. The van der Waals surface area contributed by atoms with E-state index < -0.39 is 0 Å². The molecule has 1 aliphatic carbocycles. The lowest BCUT2D eigenvalue weighted by Gasteiger charge is -2.21. The van der Waals surface area contributed by atoms with Crippen molar-refractivity contribution in [2.24, 2.45) is 5.92 Å². The van der Waals surface area contributed by atoms with Crippen LogP contribution < -0.4 is 14.8 Å². The first-order valence-corrected chi connectivity index (χ1v) is 7.75. The minimum atomic E-state index is -0.0493. The molecular formula is C17H25NO3. The first kappa shape index (κ1) is 15.7. The van der Waals surface area contributed by atoms with Gasteiger partial charge in [-0.2, -0.15) is 0 Å². The van der Waals surface area contributed by atoms with Crippen LogP contribution in [0.25, 0.3) is 0 Å². The molecule has 1 fully saturated rings. The van der Waals surface area contributed by atoms with E-state index >= 15 is 0 Å². The molecule has 1 saturated carbocycles. The normalized spacial score (nSPS) is 15.5. The van der Waals surface area contributed by atoms with Gasteiger partial charge in [-0.25, -0.2) is 0 Å².